The highest BCUT2D eigenvalue weighted by atomic mass is 16.6. The third kappa shape index (κ3) is 7.53. The Bertz CT molecular complexity index is 1100. The van der Waals surface area contributed by atoms with E-state index >= 15 is 0 Å². The number of carbonyl (C=O) groups excluding carboxylic acids is 2. The molecule has 214 valence electrons. The number of amides is 1. The van der Waals surface area contributed by atoms with Crippen LogP contribution in [-0.4, -0.2) is 72.1 Å². The van der Waals surface area contributed by atoms with E-state index in [1.54, 1.807) is 14.2 Å². The highest BCUT2D eigenvalue weighted by Crippen LogP contribution is 2.41. The molecule has 39 heavy (non-hydrogen) atoms. The Morgan fingerprint density at radius 3 is 2.28 bits per heavy atom. The van der Waals surface area contributed by atoms with Crippen molar-refractivity contribution in [1.82, 2.24) is 20.0 Å². The van der Waals surface area contributed by atoms with Gasteiger partial charge >= 0.3 is 5.97 Å². The summed E-state index contributed by atoms with van der Waals surface area (Å²) in [5.74, 6) is 0.713. The quantitative estimate of drug-likeness (QED) is 0.401. The summed E-state index contributed by atoms with van der Waals surface area (Å²) >= 11 is 0. The van der Waals surface area contributed by atoms with Crippen molar-refractivity contribution in [3.8, 4) is 22.8 Å². The Morgan fingerprint density at radius 2 is 1.69 bits per heavy atom. The summed E-state index contributed by atoms with van der Waals surface area (Å²) in [6.45, 7) is 8.50. The molecule has 1 aromatic carbocycles. The van der Waals surface area contributed by atoms with Crippen LogP contribution in [0.1, 0.15) is 88.7 Å². The minimum Gasteiger partial charge on any atom is -0.496 e. The van der Waals surface area contributed by atoms with E-state index in [9.17, 15) is 9.59 Å². The zero-order chi connectivity index (χ0) is 28.0. The average molecular weight is 541 g/mol. The molecule has 0 radical (unpaired) electrons. The monoisotopic (exact) mass is 540 g/mol. The van der Waals surface area contributed by atoms with E-state index in [-0.39, 0.29) is 30.4 Å². The smallest absolute Gasteiger partial charge is 0.308 e. The van der Waals surface area contributed by atoms with Crippen LogP contribution in [0.3, 0.4) is 0 Å². The Balaban J connectivity index is 1.60. The first-order valence-corrected chi connectivity index (χ1v) is 14.2. The number of hydrogen-bond acceptors (Lipinski definition) is 7. The molecule has 0 bridgehead atoms. The van der Waals surface area contributed by atoms with Crippen molar-refractivity contribution in [2.75, 3.05) is 33.9 Å². The largest absolute Gasteiger partial charge is 0.496 e. The number of esters is 1. The number of benzene rings is 1. The fourth-order valence-electron chi connectivity index (χ4n) is 5.64. The summed E-state index contributed by atoms with van der Waals surface area (Å²) in [6, 6.07) is 7.32. The number of ether oxygens (including phenoxy) is 3. The van der Waals surface area contributed by atoms with Crippen LogP contribution in [0.15, 0.2) is 24.3 Å². The molecule has 1 aromatic heterocycles. The first-order valence-electron chi connectivity index (χ1n) is 14.2. The summed E-state index contributed by atoms with van der Waals surface area (Å²) < 4.78 is 18.9. The van der Waals surface area contributed by atoms with Crippen molar-refractivity contribution < 1.29 is 23.8 Å². The molecule has 2 heterocycles. The van der Waals surface area contributed by atoms with Gasteiger partial charge in [0.25, 0.3) is 5.91 Å². The predicted molar refractivity (Wildman–Crippen MR) is 150 cm³/mol. The number of likely N-dealkylation sites (tertiary alicyclic amines) is 1. The predicted octanol–water partition coefficient (Wildman–Crippen LogP) is 5.00. The first-order chi connectivity index (χ1) is 18.7. The summed E-state index contributed by atoms with van der Waals surface area (Å²) in [7, 11) is 3.26. The van der Waals surface area contributed by atoms with E-state index in [1.807, 2.05) is 49.7 Å². The molecule has 1 N–H and O–H groups in total. The van der Waals surface area contributed by atoms with Gasteiger partial charge in [-0.2, -0.15) is 5.10 Å². The van der Waals surface area contributed by atoms with Gasteiger partial charge in [0.1, 0.15) is 17.1 Å². The number of methoxy groups -OCH3 is 2. The number of aromatic nitrogens is 2. The van der Waals surface area contributed by atoms with E-state index in [1.165, 1.54) is 12.8 Å². The summed E-state index contributed by atoms with van der Waals surface area (Å²) in [4.78, 5) is 28.7. The third-order valence-electron chi connectivity index (χ3n) is 7.48. The molecule has 1 atom stereocenters. The lowest BCUT2D eigenvalue weighted by molar-refractivity contribution is -0.155. The molecule has 0 spiro atoms. The normalized spacial score (nSPS) is 17.3. The maximum absolute atomic E-state index is 13.6. The molecule has 9 heteroatoms. The molecule has 2 aromatic rings. The van der Waals surface area contributed by atoms with E-state index in [2.05, 4.69) is 10.2 Å². The Labute approximate surface area is 232 Å². The van der Waals surface area contributed by atoms with Gasteiger partial charge in [0, 0.05) is 12.6 Å². The summed E-state index contributed by atoms with van der Waals surface area (Å²) in [5.41, 5.74) is 1.31. The number of nitrogens with one attached hydrogen (secondary N) is 1. The van der Waals surface area contributed by atoms with Crippen LogP contribution in [-0.2, 0) is 9.53 Å². The van der Waals surface area contributed by atoms with Gasteiger partial charge in [0.05, 0.1) is 37.9 Å². The maximum atomic E-state index is 13.6. The molecule has 4 rings (SSSR count). The first kappa shape index (κ1) is 28.9. The topological polar surface area (TPSA) is 94.9 Å². The Hall–Kier alpha value is -3.07. The van der Waals surface area contributed by atoms with Crippen molar-refractivity contribution in [3.05, 3.63) is 30.0 Å². The fourth-order valence-corrected chi connectivity index (χ4v) is 5.64. The minimum atomic E-state index is -0.580. The zero-order valence-electron chi connectivity index (χ0n) is 24.1. The lowest BCUT2D eigenvalue weighted by Crippen LogP contribution is -2.40. The maximum Gasteiger partial charge on any atom is 0.308 e. The molecule has 0 unspecified atom stereocenters. The third-order valence-corrected chi connectivity index (χ3v) is 7.48. The Morgan fingerprint density at radius 1 is 1.05 bits per heavy atom. The van der Waals surface area contributed by atoms with Crippen molar-refractivity contribution in [3.63, 3.8) is 0 Å². The molecule has 1 aliphatic carbocycles. The second-order valence-corrected chi connectivity index (χ2v) is 11.6. The van der Waals surface area contributed by atoms with E-state index in [4.69, 9.17) is 19.3 Å². The van der Waals surface area contributed by atoms with Gasteiger partial charge in [-0.15, -0.1) is 0 Å². The molecular formula is C30H44N4O5. The van der Waals surface area contributed by atoms with E-state index < -0.39 is 5.60 Å². The van der Waals surface area contributed by atoms with Gasteiger partial charge in [-0.05, 0) is 84.2 Å². The molecule has 1 saturated carbocycles. The van der Waals surface area contributed by atoms with E-state index in [0.717, 1.165) is 56.6 Å². The Kier molecular flexibility index (Phi) is 9.53. The highest BCUT2D eigenvalue weighted by molar-refractivity contribution is 5.94. The lowest BCUT2D eigenvalue weighted by Gasteiger charge is -2.24. The number of nitrogens with zero attached hydrogens (tertiary/aromatic N) is 3. The summed E-state index contributed by atoms with van der Waals surface area (Å²) in [5, 5.41) is 7.92. The fraction of sp³-hybridized carbons (Fsp3) is 0.633. The van der Waals surface area contributed by atoms with Crippen molar-refractivity contribution in [1.29, 1.82) is 0 Å². The van der Waals surface area contributed by atoms with E-state index in [0.29, 0.717) is 23.6 Å². The molecular weight excluding hydrogens is 496 g/mol. The van der Waals surface area contributed by atoms with Crippen molar-refractivity contribution in [2.45, 2.75) is 89.8 Å². The molecule has 2 fully saturated rings. The number of carbonyl (C=O) groups is 2. The standard InChI is InChI=1S/C30H44N4O5/c1-30(2,3)39-27(35)19-21(15-18-33-16-8-9-17-33)31-29(36)23-20-24(34(32-23)22-11-6-7-12-22)28-25(37-4)13-10-14-26(28)38-5/h10,13-14,20-22H,6-9,11-12,15-19H2,1-5H3,(H,31,36)/t21-/m0/s1. The molecule has 1 amide bonds. The van der Waals surface area contributed by atoms with Crippen LogP contribution >= 0.6 is 0 Å². The van der Waals surface area contributed by atoms with Gasteiger partial charge in [-0.1, -0.05) is 18.9 Å². The summed E-state index contributed by atoms with van der Waals surface area (Å²) in [6.07, 6.45) is 7.43. The second-order valence-electron chi connectivity index (χ2n) is 11.6. The molecule has 9 nitrogen and oxygen atoms in total. The van der Waals surface area contributed by atoms with Gasteiger partial charge in [-0.3, -0.25) is 14.3 Å². The van der Waals surface area contributed by atoms with Crippen LogP contribution in [0.25, 0.3) is 11.3 Å². The van der Waals surface area contributed by atoms with Gasteiger partial charge in [0.2, 0.25) is 0 Å². The highest BCUT2D eigenvalue weighted by Gasteiger charge is 2.29. The number of rotatable bonds is 11. The van der Waals surface area contributed by atoms with Gasteiger partial charge in [-0.25, -0.2) is 0 Å². The SMILES string of the molecule is COc1cccc(OC)c1-c1cc(C(=O)N[C@@H](CCN2CCCC2)CC(=O)OC(C)(C)C)nn1C1CCCC1. The van der Waals surface area contributed by atoms with Gasteiger partial charge in [0.15, 0.2) is 5.69 Å². The van der Waals surface area contributed by atoms with Crippen LogP contribution in [0.2, 0.25) is 0 Å². The van der Waals surface area contributed by atoms with Crippen molar-refractivity contribution in [2.24, 2.45) is 0 Å². The molecule has 2 aliphatic rings. The molecule has 1 saturated heterocycles. The second kappa shape index (κ2) is 12.9. The van der Waals surface area contributed by atoms with Crippen LogP contribution in [0.4, 0.5) is 0 Å². The van der Waals surface area contributed by atoms with Crippen LogP contribution in [0.5, 0.6) is 11.5 Å². The number of hydrogen-bond donors (Lipinski definition) is 1. The lowest BCUT2D eigenvalue weighted by atomic mass is 10.1. The van der Waals surface area contributed by atoms with Crippen LogP contribution < -0.4 is 14.8 Å². The van der Waals surface area contributed by atoms with Gasteiger partial charge < -0.3 is 24.4 Å². The zero-order valence-corrected chi connectivity index (χ0v) is 24.1. The van der Waals surface area contributed by atoms with Crippen LogP contribution in [0, 0.1) is 0 Å². The molecule has 1 aliphatic heterocycles. The van der Waals surface area contributed by atoms with Crippen molar-refractivity contribution >= 4 is 11.9 Å². The average Bonchev–Trinajstić information content (AvgIpc) is 3.67. The minimum absolute atomic E-state index is 0.118.